The van der Waals surface area contributed by atoms with E-state index in [9.17, 15) is 0 Å². The normalized spacial score (nSPS) is 22.8. The lowest BCUT2D eigenvalue weighted by atomic mass is 10.2. The number of anilines is 2. The van der Waals surface area contributed by atoms with Gasteiger partial charge in [-0.2, -0.15) is 16.7 Å². The second-order valence-corrected chi connectivity index (χ2v) is 6.61. The van der Waals surface area contributed by atoms with Crippen molar-refractivity contribution < 1.29 is 0 Å². The molecule has 2 heterocycles. The van der Waals surface area contributed by atoms with E-state index in [1.165, 1.54) is 19.3 Å². The molecule has 102 valence electrons. The van der Waals surface area contributed by atoms with E-state index in [0.717, 1.165) is 16.0 Å². The number of rotatable bonds is 4. The van der Waals surface area contributed by atoms with Crippen LogP contribution in [0.3, 0.4) is 0 Å². The van der Waals surface area contributed by atoms with Gasteiger partial charge in [0.05, 0.1) is 5.39 Å². The number of hydrogen-bond donors (Lipinski definition) is 3. The summed E-state index contributed by atoms with van der Waals surface area (Å²) in [6.45, 7) is 0. The predicted octanol–water partition coefficient (Wildman–Crippen LogP) is 2.67. The van der Waals surface area contributed by atoms with Crippen LogP contribution in [0.15, 0.2) is 11.4 Å². The van der Waals surface area contributed by atoms with Gasteiger partial charge in [-0.25, -0.2) is 10.8 Å². The molecule has 1 fully saturated rings. The number of thiophene rings is 1. The topological polar surface area (TPSA) is 75.9 Å². The lowest BCUT2D eigenvalue weighted by Gasteiger charge is -2.20. The first-order chi connectivity index (χ1) is 9.31. The number of hydrazine groups is 1. The molecule has 2 atom stereocenters. The Labute approximate surface area is 120 Å². The number of nitrogens with two attached hydrogens (primary N) is 1. The minimum atomic E-state index is 0.469. The van der Waals surface area contributed by atoms with Gasteiger partial charge in [0.15, 0.2) is 0 Å². The van der Waals surface area contributed by atoms with Crippen LogP contribution in [-0.4, -0.2) is 27.5 Å². The van der Waals surface area contributed by atoms with E-state index in [0.29, 0.717) is 17.2 Å². The summed E-state index contributed by atoms with van der Waals surface area (Å²) in [5, 5.41) is 7.36. The molecule has 2 aromatic rings. The molecule has 0 bridgehead atoms. The van der Waals surface area contributed by atoms with Crippen molar-refractivity contribution in [1.29, 1.82) is 0 Å². The highest BCUT2D eigenvalue weighted by Gasteiger charge is 2.27. The second-order valence-electron chi connectivity index (χ2n) is 4.64. The third kappa shape index (κ3) is 2.50. The highest BCUT2D eigenvalue weighted by molar-refractivity contribution is 7.99. The van der Waals surface area contributed by atoms with Crippen LogP contribution in [0.25, 0.3) is 10.2 Å². The Kier molecular flexibility index (Phi) is 3.76. The molecule has 0 aromatic carbocycles. The zero-order valence-electron chi connectivity index (χ0n) is 10.7. The molecule has 7 heteroatoms. The van der Waals surface area contributed by atoms with E-state index in [1.807, 2.05) is 17.1 Å². The molecule has 0 saturated heterocycles. The fourth-order valence-corrected chi connectivity index (χ4v) is 4.28. The Bertz CT molecular complexity index is 570. The lowest BCUT2D eigenvalue weighted by Crippen LogP contribution is -2.26. The minimum absolute atomic E-state index is 0.469. The summed E-state index contributed by atoms with van der Waals surface area (Å²) in [6, 6.07) is 2.55. The summed E-state index contributed by atoms with van der Waals surface area (Å²) >= 11 is 3.54. The summed E-state index contributed by atoms with van der Waals surface area (Å²) < 4.78 is 0. The third-order valence-electron chi connectivity index (χ3n) is 3.53. The standard InChI is InChI=1S/C12H17N5S2/c1-18-9-4-2-3-8(9)14-10-7-5-6-19-11(7)16-12(15-10)17-13/h5-6,8-9H,2-4,13H2,1H3,(H2,14,15,16,17). The van der Waals surface area contributed by atoms with Gasteiger partial charge < -0.3 is 5.32 Å². The van der Waals surface area contributed by atoms with Crippen molar-refractivity contribution in [2.45, 2.75) is 30.6 Å². The Hall–Kier alpha value is -1.05. The quantitative estimate of drug-likeness (QED) is 0.595. The fraction of sp³-hybridized carbons (Fsp3) is 0.500. The van der Waals surface area contributed by atoms with Gasteiger partial charge in [-0.3, -0.25) is 5.43 Å². The van der Waals surface area contributed by atoms with Gasteiger partial charge in [0, 0.05) is 11.3 Å². The average molecular weight is 295 g/mol. The van der Waals surface area contributed by atoms with Crippen molar-refractivity contribution in [2.24, 2.45) is 5.84 Å². The molecule has 5 nitrogen and oxygen atoms in total. The number of nitrogens with zero attached hydrogens (tertiary/aromatic N) is 2. The van der Waals surface area contributed by atoms with Crippen LogP contribution < -0.4 is 16.6 Å². The molecule has 0 amide bonds. The van der Waals surface area contributed by atoms with Crippen molar-refractivity contribution in [3.8, 4) is 0 Å². The molecule has 2 aromatic heterocycles. The van der Waals surface area contributed by atoms with E-state index in [1.54, 1.807) is 11.3 Å². The zero-order chi connectivity index (χ0) is 13.2. The van der Waals surface area contributed by atoms with Crippen LogP contribution in [0.5, 0.6) is 0 Å². The monoisotopic (exact) mass is 295 g/mol. The van der Waals surface area contributed by atoms with Gasteiger partial charge in [-0.1, -0.05) is 6.42 Å². The summed E-state index contributed by atoms with van der Waals surface area (Å²) in [7, 11) is 0. The van der Waals surface area contributed by atoms with Crippen LogP contribution in [0.1, 0.15) is 19.3 Å². The van der Waals surface area contributed by atoms with Crippen LogP contribution in [0, 0.1) is 0 Å². The summed E-state index contributed by atoms with van der Waals surface area (Å²) in [6.07, 6.45) is 5.94. The van der Waals surface area contributed by atoms with Gasteiger partial charge in [0.25, 0.3) is 0 Å². The van der Waals surface area contributed by atoms with E-state index >= 15 is 0 Å². The molecule has 19 heavy (non-hydrogen) atoms. The smallest absolute Gasteiger partial charge is 0.240 e. The number of fused-ring (bicyclic) bond motifs is 1. The summed E-state index contributed by atoms with van der Waals surface area (Å²) in [5.41, 5.74) is 2.54. The summed E-state index contributed by atoms with van der Waals surface area (Å²) in [5.74, 6) is 6.80. The molecule has 2 unspecified atom stereocenters. The fourth-order valence-electron chi connectivity index (χ4n) is 2.58. The highest BCUT2D eigenvalue weighted by atomic mass is 32.2. The molecular formula is C12H17N5S2. The maximum atomic E-state index is 5.44. The van der Waals surface area contributed by atoms with Gasteiger partial charge >= 0.3 is 0 Å². The first-order valence-electron chi connectivity index (χ1n) is 6.33. The van der Waals surface area contributed by atoms with Gasteiger partial charge in [-0.15, -0.1) is 11.3 Å². The second kappa shape index (κ2) is 5.52. The van der Waals surface area contributed by atoms with Crippen LogP contribution in [-0.2, 0) is 0 Å². The Morgan fingerprint density at radius 1 is 1.42 bits per heavy atom. The Morgan fingerprint density at radius 2 is 2.32 bits per heavy atom. The number of aromatic nitrogens is 2. The van der Waals surface area contributed by atoms with Gasteiger partial charge in [0.2, 0.25) is 5.95 Å². The molecular weight excluding hydrogens is 278 g/mol. The molecule has 1 aliphatic carbocycles. The first kappa shape index (κ1) is 13.0. The van der Waals surface area contributed by atoms with Crippen LogP contribution >= 0.6 is 23.1 Å². The van der Waals surface area contributed by atoms with Crippen molar-refractivity contribution >= 4 is 45.1 Å². The van der Waals surface area contributed by atoms with Crippen molar-refractivity contribution in [3.63, 3.8) is 0 Å². The lowest BCUT2D eigenvalue weighted by molar-refractivity contribution is 0.764. The molecule has 0 aliphatic heterocycles. The van der Waals surface area contributed by atoms with Crippen molar-refractivity contribution in [2.75, 3.05) is 17.0 Å². The van der Waals surface area contributed by atoms with E-state index < -0.39 is 0 Å². The predicted molar refractivity (Wildman–Crippen MR) is 83.8 cm³/mol. The van der Waals surface area contributed by atoms with Crippen LogP contribution in [0.4, 0.5) is 11.8 Å². The molecule has 0 radical (unpaired) electrons. The zero-order valence-corrected chi connectivity index (χ0v) is 12.4. The van der Waals surface area contributed by atoms with E-state index in [-0.39, 0.29) is 0 Å². The van der Waals surface area contributed by atoms with Gasteiger partial charge in [0.1, 0.15) is 10.6 Å². The Morgan fingerprint density at radius 3 is 3.11 bits per heavy atom. The van der Waals surface area contributed by atoms with E-state index in [4.69, 9.17) is 5.84 Å². The summed E-state index contributed by atoms with van der Waals surface area (Å²) in [4.78, 5) is 9.78. The van der Waals surface area contributed by atoms with Crippen molar-refractivity contribution in [1.82, 2.24) is 9.97 Å². The first-order valence-corrected chi connectivity index (χ1v) is 8.49. The minimum Gasteiger partial charge on any atom is -0.366 e. The SMILES string of the molecule is CSC1CCCC1Nc1nc(NN)nc2sccc12. The third-order valence-corrected chi connectivity index (χ3v) is 5.51. The Balaban J connectivity index is 1.92. The number of hydrogen-bond acceptors (Lipinski definition) is 7. The maximum Gasteiger partial charge on any atom is 0.240 e. The highest BCUT2D eigenvalue weighted by Crippen LogP contribution is 2.33. The van der Waals surface area contributed by atoms with Crippen LogP contribution in [0.2, 0.25) is 0 Å². The molecule has 0 spiro atoms. The number of thioether (sulfide) groups is 1. The number of nitrogens with one attached hydrogen (secondary N) is 2. The van der Waals surface area contributed by atoms with Gasteiger partial charge in [-0.05, 0) is 30.5 Å². The largest absolute Gasteiger partial charge is 0.366 e. The average Bonchev–Trinajstić information content (AvgIpc) is 3.06. The molecule has 4 N–H and O–H groups in total. The molecule has 1 aliphatic rings. The molecule has 3 rings (SSSR count). The number of nitrogen functional groups attached to an aromatic ring is 1. The maximum absolute atomic E-state index is 5.44. The van der Waals surface area contributed by atoms with Crippen molar-refractivity contribution in [3.05, 3.63) is 11.4 Å². The van der Waals surface area contributed by atoms with E-state index in [2.05, 4.69) is 33.0 Å². The molecule has 1 saturated carbocycles.